The molecular weight excluding hydrogens is 254 g/mol. The summed E-state index contributed by atoms with van der Waals surface area (Å²) >= 11 is 0. The summed E-state index contributed by atoms with van der Waals surface area (Å²) in [5.41, 5.74) is -0.112. The van der Waals surface area contributed by atoms with Crippen LogP contribution in [0.3, 0.4) is 0 Å². The number of hydrogen-bond acceptors (Lipinski definition) is 5. The number of aromatic nitrogens is 2. The first kappa shape index (κ1) is 14.8. The largest absolute Gasteiger partial charge is 0.480 e. The maximum Gasteiger partial charge on any atom is 0.328 e. The highest BCUT2D eigenvalue weighted by molar-refractivity contribution is 5.97. The molecule has 8 heteroatoms. The number of rotatable bonds is 4. The normalized spacial score (nSPS) is 13.7. The zero-order chi connectivity index (χ0) is 14.7. The Labute approximate surface area is 108 Å². The quantitative estimate of drug-likeness (QED) is 0.551. The average Bonchev–Trinajstić information content (AvgIpc) is 2.30. The van der Waals surface area contributed by atoms with Gasteiger partial charge in [-0.15, -0.1) is 0 Å². The number of nitrogens with one attached hydrogen (secondary N) is 2. The van der Waals surface area contributed by atoms with E-state index in [0.29, 0.717) is 11.3 Å². The zero-order valence-corrected chi connectivity index (χ0v) is 10.7. The van der Waals surface area contributed by atoms with Gasteiger partial charge in [0.1, 0.15) is 5.56 Å². The summed E-state index contributed by atoms with van der Waals surface area (Å²) in [7, 11) is 0. The fourth-order valence-electron chi connectivity index (χ4n) is 1.50. The van der Waals surface area contributed by atoms with Crippen LogP contribution < -0.4 is 10.9 Å². The number of amides is 1. The van der Waals surface area contributed by atoms with Crippen LogP contribution in [-0.2, 0) is 4.79 Å². The Morgan fingerprint density at radius 1 is 1.37 bits per heavy atom. The molecule has 0 spiro atoms. The lowest BCUT2D eigenvalue weighted by Gasteiger charge is -2.17. The smallest absolute Gasteiger partial charge is 0.328 e. The fourth-order valence-corrected chi connectivity index (χ4v) is 1.50. The molecule has 104 valence electrons. The molecule has 0 unspecified atom stereocenters. The van der Waals surface area contributed by atoms with Gasteiger partial charge in [-0.2, -0.15) is 5.10 Å². The molecule has 0 aliphatic carbocycles. The minimum atomic E-state index is -1.49. The molecule has 2 atom stereocenters. The first-order chi connectivity index (χ1) is 8.75. The Hall–Kier alpha value is -2.22. The number of aliphatic hydroxyl groups excluding tert-OH is 1. The maximum absolute atomic E-state index is 11.9. The summed E-state index contributed by atoms with van der Waals surface area (Å²) in [6, 6.07) is -1.49. The summed E-state index contributed by atoms with van der Waals surface area (Å²) in [6.07, 6.45) is -1.29. The van der Waals surface area contributed by atoms with Crippen LogP contribution in [0.15, 0.2) is 4.79 Å². The number of aliphatic carboxylic acids is 1. The van der Waals surface area contributed by atoms with Gasteiger partial charge in [0.2, 0.25) is 0 Å². The molecule has 0 aliphatic rings. The van der Waals surface area contributed by atoms with Crippen molar-refractivity contribution in [2.45, 2.75) is 32.9 Å². The standard InChI is InChI=1S/C11H15N3O5/c1-4-5(2)13-14-10(17)7(4)9(16)12-8(6(3)15)11(18)19/h6,8,15H,1-3H3,(H,12,16)(H,14,17)(H,18,19)/t6-,8+/m1/s1. The van der Waals surface area contributed by atoms with Gasteiger partial charge in [0.15, 0.2) is 6.04 Å². The molecular formula is C11H15N3O5. The van der Waals surface area contributed by atoms with Gasteiger partial charge in [-0.3, -0.25) is 9.59 Å². The van der Waals surface area contributed by atoms with E-state index in [4.69, 9.17) is 5.11 Å². The molecule has 0 radical (unpaired) electrons. The van der Waals surface area contributed by atoms with Crippen molar-refractivity contribution in [2.75, 3.05) is 0 Å². The molecule has 0 aliphatic heterocycles. The number of nitrogens with zero attached hydrogens (tertiary/aromatic N) is 1. The van der Waals surface area contributed by atoms with E-state index in [0.717, 1.165) is 0 Å². The lowest BCUT2D eigenvalue weighted by atomic mass is 10.1. The third kappa shape index (κ3) is 3.16. The third-order valence-electron chi connectivity index (χ3n) is 2.73. The summed E-state index contributed by atoms with van der Waals surface area (Å²) < 4.78 is 0. The first-order valence-electron chi connectivity index (χ1n) is 5.53. The van der Waals surface area contributed by atoms with E-state index < -0.39 is 29.6 Å². The molecule has 1 rings (SSSR count). The van der Waals surface area contributed by atoms with Crippen molar-refractivity contribution >= 4 is 11.9 Å². The van der Waals surface area contributed by atoms with Gasteiger partial charge in [-0.1, -0.05) is 0 Å². The zero-order valence-electron chi connectivity index (χ0n) is 10.7. The number of aryl methyl sites for hydroxylation is 1. The highest BCUT2D eigenvalue weighted by atomic mass is 16.4. The molecule has 1 amide bonds. The van der Waals surface area contributed by atoms with Crippen molar-refractivity contribution in [3.8, 4) is 0 Å². The minimum absolute atomic E-state index is 0.209. The highest BCUT2D eigenvalue weighted by Crippen LogP contribution is 2.05. The van der Waals surface area contributed by atoms with Crippen LogP contribution in [0.25, 0.3) is 0 Å². The topological polar surface area (TPSA) is 132 Å². The van der Waals surface area contributed by atoms with E-state index >= 15 is 0 Å². The molecule has 8 nitrogen and oxygen atoms in total. The van der Waals surface area contributed by atoms with Crippen LogP contribution in [-0.4, -0.2) is 44.4 Å². The van der Waals surface area contributed by atoms with Crippen LogP contribution in [0.5, 0.6) is 0 Å². The van der Waals surface area contributed by atoms with Crippen LogP contribution in [0, 0.1) is 13.8 Å². The number of carboxylic acids is 1. The van der Waals surface area contributed by atoms with E-state index in [9.17, 15) is 19.5 Å². The van der Waals surface area contributed by atoms with Gasteiger partial charge in [0.25, 0.3) is 11.5 Å². The summed E-state index contributed by atoms with van der Waals surface area (Å²) in [5, 5.41) is 26.1. The van der Waals surface area contributed by atoms with Crippen LogP contribution in [0.1, 0.15) is 28.5 Å². The molecule has 1 aromatic rings. The molecule has 4 N–H and O–H groups in total. The number of carbonyl (C=O) groups excluding carboxylic acids is 1. The predicted molar refractivity (Wildman–Crippen MR) is 64.9 cm³/mol. The van der Waals surface area contributed by atoms with Crippen LogP contribution in [0.4, 0.5) is 0 Å². The number of carbonyl (C=O) groups is 2. The maximum atomic E-state index is 11.9. The van der Waals surface area contributed by atoms with Crippen molar-refractivity contribution in [2.24, 2.45) is 0 Å². The number of carboxylic acid groups (broad SMARTS) is 1. The number of aromatic amines is 1. The average molecular weight is 269 g/mol. The second-order valence-corrected chi connectivity index (χ2v) is 4.17. The fraction of sp³-hybridized carbons (Fsp3) is 0.455. The lowest BCUT2D eigenvalue weighted by molar-refractivity contribution is -0.141. The van der Waals surface area contributed by atoms with E-state index in [1.54, 1.807) is 6.92 Å². The number of hydrogen-bond donors (Lipinski definition) is 4. The summed E-state index contributed by atoms with van der Waals surface area (Å²) in [5.74, 6) is -2.25. The lowest BCUT2D eigenvalue weighted by Crippen LogP contribution is -2.49. The molecule has 0 aromatic carbocycles. The van der Waals surface area contributed by atoms with Gasteiger partial charge in [-0.25, -0.2) is 9.89 Å². The Balaban J connectivity index is 3.12. The van der Waals surface area contributed by atoms with Gasteiger partial charge >= 0.3 is 5.97 Å². The van der Waals surface area contributed by atoms with Crippen molar-refractivity contribution < 1.29 is 19.8 Å². The van der Waals surface area contributed by atoms with Crippen molar-refractivity contribution in [1.29, 1.82) is 0 Å². The van der Waals surface area contributed by atoms with Gasteiger partial charge in [0.05, 0.1) is 11.8 Å². The summed E-state index contributed by atoms with van der Waals surface area (Å²) in [6.45, 7) is 4.37. The predicted octanol–water partition coefficient (Wildman–Crippen LogP) is -1.05. The SMILES string of the molecule is Cc1n[nH]c(=O)c(C(=O)N[C@H](C(=O)O)[C@@H](C)O)c1C. The van der Waals surface area contributed by atoms with Crippen molar-refractivity contribution in [3.05, 3.63) is 27.2 Å². The molecule has 19 heavy (non-hydrogen) atoms. The first-order valence-corrected chi connectivity index (χ1v) is 5.53. The van der Waals surface area contributed by atoms with Gasteiger partial charge in [-0.05, 0) is 26.3 Å². The van der Waals surface area contributed by atoms with Gasteiger partial charge in [0, 0.05) is 0 Å². The second kappa shape index (κ2) is 5.61. The number of H-pyrrole nitrogens is 1. The second-order valence-electron chi connectivity index (χ2n) is 4.17. The molecule has 1 heterocycles. The Bertz CT molecular complexity index is 564. The third-order valence-corrected chi connectivity index (χ3v) is 2.73. The molecule has 1 aromatic heterocycles. The van der Waals surface area contributed by atoms with Crippen molar-refractivity contribution in [3.63, 3.8) is 0 Å². The molecule has 0 bridgehead atoms. The van der Waals surface area contributed by atoms with E-state index in [1.807, 2.05) is 0 Å². The molecule has 0 fully saturated rings. The van der Waals surface area contributed by atoms with E-state index in [1.165, 1.54) is 13.8 Å². The van der Waals surface area contributed by atoms with E-state index in [2.05, 4.69) is 15.5 Å². The van der Waals surface area contributed by atoms with Gasteiger partial charge < -0.3 is 15.5 Å². The van der Waals surface area contributed by atoms with Crippen molar-refractivity contribution in [1.82, 2.24) is 15.5 Å². The van der Waals surface area contributed by atoms with Crippen LogP contribution in [0.2, 0.25) is 0 Å². The Morgan fingerprint density at radius 3 is 2.42 bits per heavy atom. The Morgan fingerprint density at radius 2 is 1.95 bits per heavy atom. The van der Waals surface area contributed by atoms with E-state index in [-0.39, 0.29) is 5.56 Å². The molecule has 0 saturated carbocycles. The summed E-state index contributed by atoms with van der Waals surface area (Å²) in [4.78, 5) is 34.4. The van der Waals surface area contributed by atoms with Crippen LogP contribution >= 0.6 is 0 Å². The monoisotopic (exact) mass is 269 g/mol. The molecule has 0 saturated heterocycles. The number of aliphatic hydroxyl groups is 1. The Kier molecular flexibility index (Phi) is 4.38. The highest BCUT2D eigenvalue weighted by Gasteiger charge is 2.27. The minimum Gasteiger partial charge on any atom is -0.480 e.